The van der Waals surface area contributed by atoms with E-state index in [9.17, 15) is 0 Å². The minimum atomic E-state index is 0.486. The maximum Gasteiger partial charge on any atom is 0.0182 e. The van der Waals surface area contributed by atoms with Gasteiger partial charge in [-0.3, -0.25) is 4.90 Å². The lowest BCUT2D eigenvalue weighted by atomic mass is 9.78. The van der Waals surface area contributed by atoms with Crippen LogP contribution in [0.15, 0.2) is 0 Å². The fourth-order valence-electron chi connectivity index (χ4n) is 2.43. The van der Waals surface area contributed by atoms with E-state index in [4.69, 9.17) is 5.73 Å². The molecule has 2 heteroatoms. The quantitative estimate of drug-likeness (QED) is 0.640. The molecule has 0 unspecified atom stereocenters. The van der Waals surface area contributed by atoms with E-state index in [0.717, 1.165) is 0 Å². The third-order valence-electron chi connectivity index (χ3n) is 3.73. The molecular weight excluding hydrogens is 148 g/mol. The van der Waals surface area contributed by atoms with Gasteiger partial charge in [-0.1, -0.05) is 0 Å². The van der Waals surface area contributed by atoms with Crippen LogP contribution in [0.5, 0.6) is 0 Å². The molecule has 0 atom stereocenters. The standard InChI is InChI=1S/C10H20N2/c1-10(12-7-2-8-12)5-3-9(11)4-6-10/h9H,2-8,11H2,1H3. The van der Waals surface area contributed by atoms with Gasteiger partial charge in [-0.15, -0.1) is 0 Å². The summed E-state index contributed by atoms with van der Waals surface area (Å²) in [6.45, 7) is 5.06. The Balaban J connectivity index is 1.92. The normalized spacial score (nSPS) is 44.0. The lowest BCUT2D eigenvalue weighted by molar-refractivity contribution is 0.0114. The fourth-order valence-corrected chi connectivity index (χ4v) is 2.43. The van der Waals surface area contributed by atoms with E-state index in [-0.39, 0.29) is 0 Å². The van der Waals surface area contributed by atoms with Crippen LogP contribution in [0.25, 0.3) is 0 Å². The van der Waals surface area contributed by atoms with Gasteiger partial charge in [-0.25, -0.2) is 0 Å². The summed E-state index contributed by atoms with van der Waals surface area (Å²) in [5.74, 6) is 0. The molecule has 1 aliphatic carbocycles. The molecule has 0 aromatic heterocycles. The first-order valence-electron chi connectivity index (χ1n) is 5.21. The van der Waals surface area contributed by atoms with Crippen LogP contribution in [-0.4, -0.2) is 29.6 Å². The van der Waals surface area contributed by atoms with E-state index in [1.54, 1.807) is 0 Å². The molecule has 1 aliphatic heterocycles. The van der Waals surface area contributed by atoms with E-state index in [2.05, 4.69) is 11.8 Å². The monoisotopic (exact) mass is 168 g/mol. The van der Waals surface area contributed by atoms with Crippen molar-refractivity contribution in [3.8, 4) is 0 Å². The molecule has 2 aliphatic rings. The highest BCUT2D eigenvalue weighted by atomic mass is 15.2. The van der Waals surface area contributed by atoms with Crippen molar-refractivity contribution in [2.24, 2.45) is 5.73 Å². The Morgan fingerprint density at radius 1 is 1.25 bits per heavy atom. The molecule has 70 valence electrons. The zero-order valence-electron chi connectivity index (χ0n) is 8.05. The van der Waals surface area contributed by atoms with Crippen molar-refractivity contribution in [2.75, 3.05) is 13.1 Å². The summed E-state index contributed by atoms with van der Waals surface area (Å²) in [6, 6.07) is 0.486. The number of hydrogen-bond donors (Lipinski definition) is 1. The second-order valence-corrected chi connectivity index (χ2v) is 4.67. The van der Waals surface area contributed by atoms with Crippen LogP contribution in [0, 0.1) is 0 Å². The van der Waals surface area contributed by atoms with Gasteiger partial charge in [-0.2, -0.15) is 0 Å². The number of likely N-dealkylation sites (tertiary alicyclic amines) is 1. The number of hydrogen-bond acceptors (Lipinski definition) is 2. The van der Waals surface area contributed by atoms with Crippen LogP contribution >= 0.6 is 0 Å². The third kappa shape index (κ3) is 1.38. The van der Waals surface area contributed by atoms with E-state index in [1.165, 1.54) is 45.2 Å². The van der Waals surface area contributed by atoms with Gasteiger partial charge in [0.1, 0.15) is 0 Å². The van der Waals surface area contributed by atoms with Crippen LogP contribution < -0.4 is 5.73 Å². The Morgan fingerprint density at radius 2 is 1.83 bits per heavy atom. The smallest absolute Gasteiger partial charge is 0.0182 e. The molecule has 12 heavy (non-hydrogen) atoms. The summed E-state index contributed by atoms with van der Waals surface area (Å²) in [6.07, 6.45) is 6.49. The zero-order chi connectivity index (χ0) is 8.60. The van der Waals surface area contributed by atoms with Gasteiger partial charge in [0.05, 0.1) is 0 Å². The van der Waals surface area contributed by atoms with Gasteiger partial charge in [0.15, 0.2) is 0 Å². The molecule has 1 saturated carbocycles. The Hall–Kier alpha value is -0.0800. The van der Waals surface area contributed by atoms with Gasteiger partial charge in [-0.05, 0) is 52.1 Å². The Bertz CT molecular complexity index is 155. The molecular formula is C10H20N2. The fraction of sp³-hybridized carbons (Fsp3) is 1.00. The molecule has 2 fully saturated rings. The van der Waals surface area contributed by atoms with Crippen molar-refractivity contribution in [3.63, 3.8) is 0 Å². The summed E-state index contributed by atoms with van der Waals surface area (Å²) in [7, 11) is 0. The van der Waals surface area contributed by atoms with Crippen LogP contribution in [0.2, 0.25) is 0 Å². The second-order valence-electron chi connectivity index (χ2n) is 4.67. The van der Waals surface area contributed by atoms with Crippen molar-refractivity contribution in [1.29, 1.82) is 0 Å². The summed E-state index contributed by atoms with van der Waals surface area (Å²) >= 11 is 0. The second kappa shape index (κ2) is 3.00. The van der Waals surface area contributed by atoms with Gasteiger partial charge in [0, 0.05) is 11.6 Å². The molecule has 0 amide bonds. The first kappa shape index (κ1) is 8.52. The minimum absolute atomic E-state index is 0.486. The first-order valence-corrected chi connectivity index (χ1v) is 5.21. The average molecular weight is 168 g/mol. The molecule has 2 nitrogen and oxygen atoms in total. The summed E-state index contributed by atoms with van der Waals surface area (Å²) in [5.41, 5.74) is 6.40. The Morgan fingerprint density at radius 3 is 2.25 bits per heavy atom. The van der Waals surface area contributed by atoms with Crippen molar-refractivity contribution in [1.82, 2.24) is 4.90 Å². The predicted octanol–water partition coefficient (Wildman–Crippen LogP) is 1.35. The lowest BCUT2D eigenvalue weighted by Crippen LogP contribution is -2.55. The molecule has 0 bridgehead atoms. The van der Waals surface area contributed by atoms with Gasteiger partial charge in [0.25, 0.3) is 0 Å². The highest BCUT2D eigenvalue weighted by molar-refractivity contribution is 4.94. The van der Waals surface area contributed by atoms with Crippen molar-refractivity contribution in [2.45, 2.75) is 50.6 Å². The van der Waals surface area contributed by atoms with E-state index < -0.39 is 0 Å². The van der Waals surface area contributed by atoms with E-state index >= 15 is 0 Å². The Labute approximate surface area is 75.1 Å². The highest BCUT2D eigenvalue weighted by Crippen LogP contribution is 2.35. The van der Waals surface area contributed by atoms with E-state index in [1.807, 2.05) is 0 Å². The molecule has 0 radical (unpaired) electrons. The largest absolute Gasteiger partial charge is 0.328 e. The molecule has 2 N–H and O–H groups in total. The lowest BCUT2D eigenvalue weighted by Gasteiger charge is -2.50. The van der Waals surface area contributed by atoms with Crippen molar-refractivity contribution in [3.05, 3.63) is 0 Å². The molecule has 1 heterocycles. The van der Waals surface area contributed by atoms with Crippen molar-refractivity contribution < 1.29 is 0 Å². The number of nitrogens with two attached hydrogens (primary N) is 1. The first-order chi connectivity index (χ1) is 5.71. The zero-order valence-corrected chi connectivity index (χ0v) is 8.05. The maximum atomic E-state index is 5.90. The van der Waals surface area contributed by atoms with Crippen molar-refractivity contribution >= 4 is 0 Å². The SMILES string of the molecule is CC1(N2CCC2)CCC(N)CC1. The summed E-state index contributed by atoms with van der Waals surface area (Å²) in [4.78, 5) is 2.64. The molecule has 0 aromatic carbocycles. The minimum Gasteiger partial charge on any atom is -0.328 e. The van der Waals surface area contributed by atoms with Crippen LogP contribution in [0.1, 0.15) is 39.0 Å². The summed E-state index contributed by atoms with van der Waals surface area (Å²) < 4.78 is 0. The summed E-state index contributed by atoms with van der Waals surface area (Å²) in [5, 5.41) is 0. The average Bonchev–Trinajstić information content (AvgIpc) is 1.92. The molecule has 1 saturated heterocycles. The van der Waals surface area contributed by atoms with Crippen LogP contribution in [0.3, 0.4) is 0 Å². The van der Waals surface area contributed by atoms with Crippen LogP contribution in [0.4, 0.5) is 0 Å². The maximum absolute atomic E-state index is 5.90. The topological polar surface area (TPSA) is 29.3 Å². The predicted molar refractivity (Wildman–Crippen MR) is 51.0 cm³/mol. The van der Waals surface area contributed by atoms with Gasteiger partial charge in [0.2, 0.25) is 0 Å². The van der Waals surface area contributed by atoms with E-state index in [0.29, 0.717) is 11.6 Å². The highest BCUT2D eigenvalue weighted by Gasteiger charge is 2.37. The van der Waals surface area contributed by atoms with Gasteiger partial charge < -0.3 is 5.73 Å². The van der Waals surface area contributed by atoms with Gasteiger partial charge >= 0.3 is 0 Å². The molecule has 2 rings (SSSR count). The number of rotatable bonds is 1. The van der Waals surface area contributed by atoms with Crippen LogP contribution in [-0.2, 0) is 0 Å². The molecule has 0 spiro atoms. The molecule has 0 aromatic rings. The third-order valence-corrected chi connectivity index (χ3v) is 3.73. The number of nitrogens with zero attached hydrogens (tertiary/aromatic N) is 1. The Kier molecular flexibility index (Phi) is 2.13.